The molecule has 1 heterocycles. The summed E-state index contributed by atoms with van der Waals surface area (Å²) in [5.74, 6) is -0.438. The number of primary amides is 1. The summed E-state index contributed by atoms with van der Waals surface area (Å²) in [6.07, 6.45) is 0. The van der Waals surface area contributed by atoms with Gasteiger partial charge in [0.15, 0.2) is 0 Å². The number of nitrogens with two attached hydrogens (primary N) is 1. The highest BCUT2D eigenvalue weighted by molar-refractivity contribution is 6.18. The fourth-order valence-corrected chi connectivity index (χ4v) is 4.18. The van der Waals surface area contributed by atoms with Crippen molar-refractivity contribution < 1.29 is 9.90 Å². The van der Waals surface area contributed by atoms with Crippen molar-refractivity contribution in [1.29, 1.82) is 0 Å². The highest BCUT2D eigenvalue weighted by Gasteiger charge is 2.17. The minimum atomic E-state index is -0.438. The van der Waals surface area contributed by atoms with Gasteiger partial charge < -0.3 is 15.4 Å². The molecule has 0 unspecified atom stereocenters. The summed E-state index contributed by atoms with van der Waals surface area (Å²) in [5, 5.41) is 13.9. The third-order valence-electron chi connectivity index (χ3n) is 5.56. The van der Waals surface area contributed by atoms with E-state index in [0.29, 0.717) is 12.1 Å². The van der Waals surface area contributed by atoms with Crippen LogP contribution in [0.25, 0.3) is 32.6 Å². The molecule has 0 saturated carbocycles. The van der Waals surface area contributed by atoms with Gasteiger partial charge in [0.1, 0.15) is 0 Å². The van der Waals surface area contributed by atoms with Crippen LogP contribution in [0.3, 0.4) is 0 Å². The second kappa shape index (κ2) is 6.76. The maximum atomic E-state index is 12.1. The molecule has 3 N–H and O–H groups in total. The molecule has 0 aliphatic heterocycles. The van der Waals surface area contributed by atoms with Crippen LogP contribution in [0.1, 0.15) is 21.5 Å². The average Bonchev–Trinajstić information content (AvgIpc) is 3.06. The molecular weight excluding hydrogens is 360 g/mol. The fourth-order valence-electron chi connectivity index (χ4n) is 4.18. The Morgan fingerprint density at radius 3 is 2.41 bits per heavy atom. The third kappa shape index (κ3) is 2.85. The highest BCUT2D eigenvalue weighted by atomic mass is 16.3. The first-order chi connectivity index (χ1) is 14.2. The van der Waals surface area contributed by atoms with E-state index in [4.69, 9.17) is 5.73 Å². The molecule has 4 nitrogen and oxygen atoms in total. The first kappa shape index (κ1) is 17.5. The van der Waals surface area contributed by atoms with Gasteiger partial charge in [0, 0.05) is 28.4 Å². The molecule has 5 aromatic rings. The number of carbonyl (C=O) groups is 1. The smallest absolute Gasteiger partial charge is 0.249 e. The van der Waals surface area contributed by atoms with E-state index < -0.39 is 5.91 Å². The summed E-state index contributed by atoms with van der Waals surface area (Å²) in [7, 11) is 0. The van der Waals surface area contributed by atoms with Crippen molar-refractivity contribution in [2.24, 2.45) is 5.73 Å². The molecular formula is C25H20N2O2. The molecule has 4 heteroatoms. The minimum absolute atomic E-state index is 0.0316. The van der Waals surface area contributed by atoms with Crippen LogP contribution in [0.5, 0.6) is 0 Å². The van der Waals surface area contributed by atoms with Gasteiger partial charge in [-0.15, -0.1) is 0 Å². The van der Waals surface area contributed by atoms with Crippen LogP contribution in [-0.4, -0.2) is 15.6 Å². The number of hydrogen-bond acceptors (Lipinski definition) is 2. The Morgan fingerprint density at radius 2 is 1.62 bits per heavy atom. The number of hydrogen-bond donors (Lipinski definition) is 2. The second-order valence-corrected chi connectivity index (χ2v) is 7.34. The zero-order chi connectivity index (χ0) is 20.0. The monoisotopic (exact) mass is 380 g/mol. The zero-order valence-corrected chi connectivity index (χ0v) is 15.8. The molecule has 29 heavy (non-hydrogen) atoms. The Morgan fingerprint density at radius 1 is 0.828 bits per heavy atom. The molecule has 0 radical (unpaired) electrons. The third-order valence-corrected chi connectivity index (χ3v) is 5.56. The van der Waals surface area contributed by atoms with Gasteiger partial charge in [0.25, 0.3) is 0 Å². The van der Waals surface area contributed by atoms with Gasteiger partial charge in [0.2, 0.25) is 5.91 Å². The van der Waals surface area contributed by atoms with E-state index in [-0.39, 0.29) is 6.61 Å². The van der Waals surface area contributed by atoms with E-state index in [9.17, 15) is 9.90 Å². The van der Waals surface area contributed by atoms with Gasteiger partial charge in [0.05, 0.1) is 12.1 Å². The van der Waals surface area contributed by atoms with Crippen LogP contribution in [0, 0.1) is 0 Å². The van der Waals surface area contributed by atoms with E-state index >= 15 is 0 Å². The topological polar surface area (TPSA) is 68.2 Å². The Balaban J connectivity index is 1.78. The van der Waals surface area contributed by atoms with E-state index in [0.717, 1.165) is 27.4 Å². The van der Waals surface area contributed by atoms with Crippen LogP contribution >= 0.6 is 0 Å². The van der Waals surface area contributed by atoms with Crippen molar-refractivity contribution >= 4 is 38.5 Å². The van der Waals surface area contributed by atoms with Crippen molar-refractivity contribution in [3.05, 3.63) is 95.6 Å². The van der Waals surface area contributed by atoms with Crippen LogP contribution in [0.4, 0.5) is 0 Å². The summed E-state index contributed by atoms with van der Waals surface area (Å²) in [4.78, 5) is 12.1. The number of nitrogens with zero attached hydrogens (tertiary/aromatic N) is 1. The molecule has 0 bridgehead atoms. The van der Waals surface area contributed by atoms with Crippen LogP contribution < -0.4 is 5.73 Å². The fraction of sp³-hybridized carbons (Fsp3) is 0.0800. The van der Waals surface area contributed by atoms with Crippen molar-refractivity contribution in [3.63, 3.8) is 0 Å². The number of amides is 1. The molecule has 0 saturated heterocycles. The van der Waals surface area contributed by atoms with Crippen molar-refractivity contribution in [2.45, 2.75) is 13.2 Å². The van der Waals surface area contributed by atoms with Crippen molar-refractivity contribution in [3.8, 4) is 0 Å². The van der Waals surface area contributed by atoms with Crippen LogP contribution in [-0.2, 0) is 13.2 Å². The molecule has 1 aromatic heterocycles. The van der Waals surface area contributed by atoms with Crippen LogP contribution in [0.2, 0.25) is 0 Å². The van der Waals surface area contributed by atoms with Gasteiger partial charge >= 0.3 is 0 Å². The molecule has 142 valence electrons. The zero-order valence-electron chi connectivity index (χ0n) is 15.8. The number of aromatic nitrogens is 1. The summed E-state index contributed by atoms with van der Waals surface area (Å²) in [6, 6.07) is 26.2. The normalized spacial score (nSPS) is 11.5. The van der Waals surface area contributed by atoms with Gasteiger partial charge in [-0.3, -0.25) is 4.79 Å². The average molecular weight is 380 g/mol. The Bertz CT molecular complexity index is 1400. The van der Waals surface area contributed by atoms with E-state index in [1.165, 1.54) is 16.3 Å². The number of rotatable bonds is 4. The Hall–Kier alpha value is -3.63. The molecule has 0 spiro atoms. The summed E-state index contributed by atoms with van der Waals surface area (Å²) < 4.78 is 2.19. The molecule has 0 aliphatic rings. The van der Waals surface area contributed by atoms with Gasteiger partial charge in [-0.05, 0) is 46.2 Å². The highest BCUT2D eigenvalue weighted by Crippen LogP contribution is 2.33. The van der Waals surface area contributed by atoms with Gasteiger partial charge in [-0.1, -0.05) is 54.6 Å². The summed E-state index contributed by atoms with van der Waals surface area (Å²) >= 11 is 0. The van der Waals surface area contributed by atoms with E-state index in [1.807, 2.05) is 42.5 Å². The molecule has 0 aliphatic carbocycles. The quantitative estimate of drug-likeness (QED) is 0.479. The largest absolute Gasteiger partial charge is 0.392 e. The predicted octanol–water partition coefficient (Wildman–Crippen LogP) is 4.59. The van der Waals surface area contributed by atoms with Crippen molar-refractivity contribution in [1.82, 2.24) is 4.57 Å². The molecule has 0 fully saturated rings. The Kier molecular flexibility index (Phi) is 4.07. The first-order valence-electron chi connectivity index (χ1n) is 9.58. The SMILES string of the molecule is NC(=O)c1cccc2c1c1ccc(CO)cc1n2Cc1ccc2ccccc2c1. The first-order valence-corrected chi connectivity index (χ1v) is 9.58. The molecule has 5 rings (SSSR count). The van der Waals surface area contributed by atoms with E-state index in [2.05, 4.69) is 34.9 Å². The van der Waals surface area contributed by atoms with Crippen molar-refractivity contribution in [2.75, 3.05) is 0 Å². The summed E-state index contributed by atoms with van der Waals surface area (Å²) in [6.45, 7) is 0.623. The standard InChI is InChI=1S/C25H20N2O2/c26-25(29)21-6-3-7-22-24(21)20-11-9-17(15-28)13-23(20)27(22)14-16-8-10-18-4-1-2-5-19(18)12-16/h1-13,28H,14-15H2,(H2,26,29). The molecule has 1 amide bonds. The van der Waals surface area contributed by atoms with Gasteiger partial charge in [-0.2, -0.15) is 0 Å². The summed E-state index contributed by atoms with van der Waals surface area (Å²) in [5.41, 5.74) is 10.1. The molecule has 4 aromatic carbocycles. The second-order valence-electron chi connectivity index (χ2n) is 7.34. The van der Waals surface area contributed by atoms with Gasteiger partial charge in [-0.25, -0.2) is 0 Å². The van der Waals surface area contributed by atoms with Crippen LogP contribution in [0.15, 0.2) is 78.9 Å². The number of aliphatic hydroxyl groups excluding tert-OH is 1. The lowest BCUT2D eigenvalue weighted by atomic mass is 10.0. The number of carbonyl (C=O) groups excluding carboxylic acids is 1. The minimum Gasteiger partial charge on any atom is -0.392 e. The lowest BCUT2D eigenvalue weighted by molar-refractivity contribution is 0.100. The number of benzene rings is 4. The predicted molar refractivity (Wildman–Crippen MR) is 117 cm³/mol. The number of aliphatic hydroxyl groups is 1. The maximum Gasteiger partial charge on any atom is 0.249 e. The number of fused-ring (bicyclic) bond motifs is 4. The lowest BCUT2D eigenvalue weighted by Gasteiger charge is -2.10. The lowest BCUT2D eigenvalue weighted by Crippen LogP contribution is -2.11. The Labute approximate surface area is 167 Å². The molecule has 0 atom stereocenters. The van der Waals surface area contributed by atoms with E-state index in [1.54, 1.807) is 6.07 Å². The maximum absolute atomic E-state index is 12.1.